The summed E-state index contributed by atoms with van der Waals surface area (Å²) in [6, 6.07) is 28.1. The summed E-state index contributed by atoms with van der Waals surface area (Å²) in [4.78, 5) is 44.7. The number of esters is 3. The van der Waals surface area contributed by atoms with Gasteiger partial charge in [-0.15, -0.1) is 0 Å². The molecule has 2 aromatic heterocycles. The van der Waals surface area contributed by atoms with E-state index in [1.165, 1.54) is 60.2 Å². The number of nitrogens with zero attached hydrogens (tertiary/aromatic N) is 4. The van der Waals surface area contributed by atoms with Gasteiger partial charge in [0, 0.05) is 0 Å². The topological polar surface area (TPSA) is 216 Å². The van der Waals surface area contributed by atoms with Gasteiger partial charge >= 0.3 is 25.7 Å². The van der Waals surface area contributed by atoms with Crippen molar-refractivity contribution in [2.24, 2.45) is 5.92 Å². The molecule has 16 nitrogen and oxygen atoms in total. The Hall–Kier alpha value is -6.11. The summed E-state index contributed by atoms with van der Waals surface area (Å²) in [5, 5.41) is 18.0. The van der Waals surface area contributed by atoms with Crippen LogP contribution in [0.4, 0.5) is 5.82 Å². The van der Waals surface area contributed by atoms with Crippen LogP contribution in [0.2, 0.25) is 0 Å². The standard InChI is InChI=1S/C41H43N6O10P/c1-4-28(5-2)23-52-38(48)27(3)46-58(51,57-31-19-13-8-14-20-31)53-24-33-35(54-39(49)29-15-9-6-10-16-29)36(55-40(50)30-17-11-7-12-18-30)41(25-42,56-33)34-22-21-32-37(43)44-26-45-47(32)34/h6-22,26-28,33,35-36H,4-5,23-24H2,1-3H3,(H,46,51)(H2,43,44,45)/t27-,33+,35+,36+,41-,58-/m0/s1. The van der Waals surface area contributed by atoms with Crippen LogP contribution < -0.4 is 15.3 Å². The molecule has 58 heavy (non-hydrogen) atoms. The minimum Gasteiger partial charge on any atom is -0.464 e. The minimum absolute atomic E-state index is 0.0453. The van der Waals surface area contributed by atoms with Crippen molar-refractivity contribution < 1.29 is 46.9 Å². The van der Waals surface area contributed by atoms with Gasteiger partial charge in [0.15, 0.2) is 18.0 Å². The molecule has 0 saturated carbocycles. The number of ether oxygens (including phenoxy) is 4. The van der Waals surface area contributed by atoms with Gasteiger partial charge in [0.2, 0.25) is 5.60 Å². The number of aromatic nitrogens is 3. The van der Waals surface area contributed by atoms with Gasteiger partial charge in [0.1, 0.15) is 35.8 Å². The summed E-state index contributed by atoms with van der Waals surface area (Å²) in [5.74, 6) is -2.07. The molecule has 0 aliphatic carbocycles. The van der Waals surface area contributed by atoms with E-state index in [-0.39, 0.29) is 40.9 Å². The molecule has 302 valence electrons. The second kappa shape index (κ2) is 18.4. The van der Waals surface area contributed by atoms with E-state index in [2.05, 4.69) is 21.2 Å². The van der Waals surface area contributed by atoms with E-state index in [9.17, 15) is 24.2 Å². The first-order valence-electron chi connectivity index (χ1n) is 18.6. The largest absolute Gasteiger partial charge is 0.464 e. The molecular weight excluding hydrogens is 767 g/mol. The number of para-hydroxylation sites is 1. The lowest BCUT2D eigenvalue weighted by Gasteiger charge is -2.28. The number of carbonyl (C=O) groups is 3. The summed E-state index contributed by atoms with van der Waals surface area (Å²) in [6.07, 6.45) is -1.99. The minimum atomic E-state index is -4.54. The molecule has 1 aliphatic heterocycles. The van der Waals surface area contributed by atoms with Crippen LogP contribution in [0.15, 0.2) is 109 Å². The molecule has 6 rings (SSSR count). The van der Waals surface area contributed by atoms with Crippen LogP contribution >= 0.6 is 7.75 Å². The number of hydrogen-bond donors (Lipinski definition) is 2. The number of hydrogen-bond acceptors (Lipinski definition) is 14. The highest BCUT2D eigenvalue weighted by Crippen LogP contribution is 2.48. The van der Waals surface area contributed by atoms with Crippen molar-refractivity contribution in [3.8, 4) is 11.8 Å². The molecule has 0 amide bonds. The van der Waals surface area contributed by atoms with Crippen LogP contribution in [-0.2, 0) is 38.4 Å². The molecule has 0 unspecified atom stereocenters. The Bertz CT molecular complexity index is 2290. The molecule has 1 saturated heterocycles. The van der Waals surface area contributed by atoms with Crippen LogP contribution in [0.5, 0.6) is 5.75 Å². The molecule has 0 bridgehead atoms. The molecule has 17 heteroatoms. The third-order valence-electron chi connectivity index (χ3n) is 9.63. The van der Waals surface area contributed by atoms with Gasteiger partial charge in [-0.2, -0.15) is 15.4 Å². The summed E-state index contributed by atoms with van der Waals surface area (Å²) in [5.41, 5.74) is 4.50. The fourth-order valence-electron chi connectivity index (χ4n) is 6.35. The Balaban J connectivity index is 1.40. The Kier molecular flexibility index (Phi) is 13.2. The van der Waals surface area contributed by atoms with Crippen molar-refractivity contribution in [2.45, 2.75) is 63.6 Å². The van der Waals surface area contributed by atoms with Gasteiger partial charge < -0.3 is 29.2 Å². The Labute approximate surface area is 334 Å². The molecule has 1 fully saturated rings. The number of nitrogens with one attached hydrogen (secondary N) is 1. The predicted octanol–water partition coefficient (Wildman–Crippen LogP) is 6.04. The first kappa shape index (κ1) is 41.5. The normalized spacial score (nSPS) is 20.4. The van der Waals surface area contributed by atoms with Crippen molar-refractivity contribution in [3.63, 3.8) is 0 Å². The number of benzene rings is 3. The fraction of sp³-hybridized carbons (Fsp3) is 0.317. The zero-order chi connectivity index (χ0) is 41.3. The predicted molar refractivity (Wildman–Crippen MR) is 209 cm³/mol. The first-order valence-corrected chi connectivity index (χ1v) is 20.2. The lowest BCUT2D eigenvalue weighted by Crippen LogP contribution is -2.46. The second-order valence-electron chi connectivity index (χ2n) is 13.5. The van der Waals surface area contributed by atoms with Gasteiger partial charge in [-0.3, -0.25) is 9.32 Å². The summed E-state index contributed by atoms with van der Waals surface area (Å²) >= 11 is 0. The van der Waals surface area contributed by atoms with Crippen LogP contribution in [0.3, 0.4) is 0 Å². The molecule has 1 aliphatic rings. The van der Waals surface area contributed by atoms with E-state index in [0.717, 1.165) is 12.8 Å². The van der Waals surface area contributed by atoms with Crippen molar-refractivity contribution in [1.82, 2.24) is 19.7 Å². The number of rotatable bonds is 17. The molecule has 3 aromatic carbocycles. The number of anilines is 1. The number of nitrogen functional groups attached to an aromatic ring is 1. The van der Waals surface area contributed by atoms with E-state index in [4.69, 9.17) is 33.7 Å². The molecule has 5 aromatic rings. The van der Waals surface area contributed by atoms with Crippen LogP contribution in [0, 0.1) is 17.2 Å². The van der Waals surface area contributed by atoms with Crippen LogP contribution in [0.1, 0.15) is 60.0 Å². The van der Waals surface area contributed by atoms with Crippen molar-refractivity contribution in [2.75, 3.05) is 18.9 Å². The molecule has 0 spiro atoms. The average Bonchev–Trinajstić information content (AvgIpc) is 3.81. The van der Waals surface area contributed by atoms with Crippen molar-refractivity contribution >= 4 is 37.0 Å². The zero-order valence-corrected chi connectivity index (χ0v) is 32.9. The van der Waals surface area contributed by atoms with Crippen LogP contribution in [-0.4, -0.2) is 70.1 Å². The maximum atomic E-state index is 14.7. The smallest absolute Gasteiger partial charge is 0.459 e. The van der Waals surface area contributed by atoms with E-state index in [1.807, 2.05) is 13.8 Å². The highest BCUT2D eigenvalue weighted by Gasteiger charge is 2.63. The van der Waals surface area contributed by atoms with E-state index < -0.39 is 62.2 Å². The lowest BCUT2D eigenvalue weighted by molar-refractivity contribution is -0.146. The molecular formula is C41H43N6O10P. The SMILES string of the molecule is CCC(CC)COC(=O)[C@H](C)N[P@](=O)(OC[C@H]1O[C@@](C#N)(c2ccc3c(N)ncnn23)[C@H](OC(=O)c2ccccc2)[C@@H]1OC(=O)c1ccccc1)Oc1ccccc1. The van der Waals surface area contributed by atoms with Gasteiger partial charge in [0.25, 0.3) is 0 Å². The summed E-state index contributed by atoms with van der Waals surface area (Å²) < 4.78 is 52.0. The Morgan fingerprint density at radius 3 is 2.14 bits per heavy atom. The maximum absolute atomic E-state index is 14.7. The summed E-state index contributed by atoms with van der Waals surface area (Å²) in [7, 11) is -4.54. The fourth-order valence-corrected chi connectivity index (χ4v) is 7.85. The highest BCUT2D eigenvalue weighted by molar-refractivity contribution is 7.52. The quantitative estimate of drug-likeness (QED) is 0.0622. The van der Waals surface area contributed by atoms with E-state index in [0.29, 0.717) is 5.52 Å². The third-order valence-corrected chi connectivity index (χ3v) is 11.3. The molecule has 6 atom stereocenters. The van der Waals surface area contributed by atoms with E-state index >= 15 is 0 Å². The number of fused-ring (bicyclic) bond motifs is 1. The molecule has 3 N–H and O–H groups in total. The van der Waals surface area contributed by atoms with Gasteiger partial charge in [-0.05, 0) is 61.4 Å². The Morgan fingerprint density at radius 2 is 1.53 bits per heavy atom. The molecule has 0 radical (unpaired) electrons. The number of nitriles is 1. The number of nitrogens with two attached hydrogens (primary N) is 1. The zero-order valence-electron chi connectivity index (χ0n) is 32.0. The van der Waals surface area contributed by atoms with Gasteiger partial charge in [0.05, 0.1) is 30.0 Å². The van der Waals surface area contributed by atoms with Gasteiger partial charge in [-0.25, -0.2) is 23.7 Å². The lowest BCUT2D eigenvalue weighted by atomic mass is 9.92. The van der Waals surface area contributed by atoms with Crippen molar-refractivity contribution in [1.29, 1.82) is 5.26 Å². The first-order chi connectivity index (χ1) is 28.0. The van der Waals surface area contributed by atoms with Gasteiger partial charge in [-0.1, -0.05) is 81.3 Å². The van der Waals surface area contributed by atoms with Crippen LogP contribution in [0.25, 0.3) is 5.52 Å². The molecule has 3 heterocycles. The number of carbonyl (C=O) groups excluding carboxylic acids is 3. The average molecular weight is 811 g/mol. The monoisotopic (exact) mass is 810 g/mol. The van der Waals surface area contributed by atoms with E-state index in [1.54, 1.807) is 60.7 Å². The summed E-state index contributed by atoms with van der Waals surface area (Å²) in [6.45, 7) is 4.90. The highest BCUT2D eigenvalue weighted by atomic mass is 31.2. The van der Waals surface area contributed by atoms with Crippen molar-refractivity contribution in [3.05, 3.63) is 126 Å². The third kappa shape index (κ3) is 9.19. The maximum Gasteiger partial charge on any atom is 0.459 e. The second-order valence-corrected chi connectivity index (χ2v) is 15.1. The Morgan fingerprint density at radius 1 is 0.931 bits per heavy atom.